The van der Waals surface area contributed by atoms with Gasteiger partial charge in [0.2, 0.25) is 15.9 Å². The summed E-state index contributed by atoms with van der Waals surface area (Å²) < 4.78 is 27.1. The highest BCUT2D eigenvalue weighted by Gasteiger charge is 2.49. The third-order valence-electron chi connectivity index (χ3n) is 5.57. The SMILES string of the molecule is CN1CCCC2(CCN(S(=O)(=O)c3ccccc3)CC2)C1C(N)=O. The Bertz CT molecular complexity index is 697. The molecule has 6 nitrogen and oxygen atoms in total. The molecule has 2 aliphatic heterocycles. The smallest absolute Gasteiger partial charge is 0.243 e. The Morgan fingerprint density at radius 1 is 1.12 bits per heavy atom. The highest BCUT2D eigenvalue weighted by Crippen LogP contribution is 2.44. The van der Waals surface area contributed by atoms with Gasteiger partial charge in [-0.25, -0.2) is 8.42 Å². The molecule has 2 heterocycles. The lowest BCUT2D eigenvalue weighted by Crippen LogP contribution is -2.60. The number of nitrogens with zero attached hydrogens (tertiary/aromatic N) is 2. The fourth-order valence-electron chi connectivity index (χ4n) is 4.37. The molecule has 0 aromatic heterocycles. The molecule has 1 spiro atoms. The third-order valence-corrected chi connectivity index (χ3v) is 7.49. The van der Waals surface area contributed by atoms with E-state index in [2.05, 4.69) is 0 Å². The van der Waals surface area contributed by atoms with Crippen molar-refractivity contribution in [1.82, 2.24) is 9.21 Å². The number of rotatable bonds is 3. The number of primary amides is 1. The van der Waals surface area contributed by atoms with Gasteiger partial charge in [-0.15, -0.1) is 0 Å². The van der Waals surface area contributed by atoms with Crippen molar-refractivity contribution in [2.75, 3.05) is 26.7 Å². The Morgan fingerprint density at radius 3 is 2.33 bits per heavy atom. The predicted octanol–water partition coefficient (Wildman–Crippen LogP) is 1.04. The summed E-state index contributed by atoms with van der Waals surface area (Å²) in [5.74, 6) is -0.295. The number of carbonyl (C=O) groups is 1. The van der Waals surface area contributed by atoms with Gasteiger partial charge in [-0.1, -0.05) is 18.2 Å². The molecular weight excluding hydrogens is 326 g/mol. The van der Waals surface area contributed by atoms with Crippen molar-refractivity contribution >= 4 is 15.9 Å². The summed E-state index contributed by atoms with van der Waals surface area (Å²) in [6.45, 7) is 1.74. The fraction of sp³-hybridized carbons (Fsp3) is 0.588. The lowest BCUT2D eigenvalue weighted by atomic mass is 9.67. The van der Waals surface area contributed by atoms with Crippen LogP contribution in [0.2, 0.25) is 0 Å². The Hall–Kier alpha value is -1.44. The molecule has 2 aliphatic rings. The summed E-state index contributed by atoms with van der Waals surface area (Å²) >= 11 is 0. The standard InChI is InChI=1S/C17H25N3O3S/c1-19-11-5-8-17(15(19)16(18)21)9-12-20(13-10-17)24(22,23)14-6-3-2-4-7-14/h2-4,6-7,15H,5,8-13H2,1H3,(H2,18,21). The van der Waals surface area contributed by atoms with Crippen LogP contribution in [0.4, 0.5) is 0 Å². The summed E-state index contributed by atoms with van der Waals surface area (Å²) in [6.07, 6.45) is 3.31. The van der Waals surface area contributed by atoms with Crippen molar-refractivity contribution in [3.63, 3.8) is 0 Å². The van der Waals surface area contributed by atoms with Gasteiger partial charge in [0, 0.05) is 13.1 Å². The molecule has 1 aromatic rings. The van der Waals surface area contributed by atoms with Crippen LogP contribution < -0.4 is 5.73 Å². The molecule has 132 valence electrons. The molecule has 3 rings (SSSR count). The topological polar surface area (TPSA) is 83.7 Å². The lowest BCUT2D eigenvalue weighted by Gasteiger charge is -2.51. The molecule has 0 saturated carbocycles. The second-order valence-corrected chi connectivity index (χ2v) is 8.91. The summed E-state index contributed by atoms with van der Waals surface area (Å²) in [6, 6.07) is 8.22. The minimum absolute atomic E-state index is 0.193. The average Bonchev–Trinajstić information content (AvgIpc) is 2.55. The quantitative estimate of drug-likeness (QED) is 0.882. The van der Waals surface area contributed by atoms with E-state index in [0.717, 1.165) is 19.4 Å². The van der Waals surface area contributed by atoms with Gasteiger partial charge in [-0.3, -0.25) is 9.69 Å². The van der Waals surface area contributed by atoms with Crippen molar-refractivity contribution in [2.24, 2.45) is 11.1 Å². The number of nitrogens with two attached hydrogens (primary N) is 1. The number of hydrogen-bond acceptors (Lipinski definition) is 4. The molecule has 0 bridgehead atoms. The molecule has 0 radical (unpaired) electrons. The minimum Gasteiger partial charge on any atom is -0.368 e. The molecular formula is C17H25N3O3S. The zero-order valence-electron chi connectivity index (χ0n) is 14.0. The van der Waals surface area contributed by atoms with Gasteiger partial charge < -0.3 is 5.73 Å². The third kappa shape index (κ3) is 2.96. The molecule has 1 aromatic carbocycles. The first-order valence-electron chi connectivity index (χ1n) is 8.42. The molecule has 0 aliphatic carbocycles. The Balaban J connectivity index is 1.79. The van der Waals surface area contributed by atoms with E-state index < -0.39 is 10.0 Å². The van der Waals surface area contributed by atoms with Gasteiger partial charge in [-0.2, -0.15) is 4.31 Å². The minimum atomic E-state index is -3.47. The first-order valence-corrected chi connectivity index (χ1v) is 9.86. The van der Waals surface area contributed by atoms with Crippen LogP contribution in [0.25, 0.3) is 0 Å². The molecule has 2 N–H and O–H groups in total. The van der Waals surface area contributed by atoms with Crippen LogP contribution in [0.15, 0.2) is 35.2 Å². The Morgan fingerprint density at radius 2 is 1.75 bits per heavy atom. The summed E-state index contributed by atoms with van der Waals surface area (Å²) in [7, 11) is -1.53. The first-order chi connectivity index (χ1) is 11.4. The highest BCUT2D eigenvalue weighted by molar-refractivity contribution is 7.89. The van der Waals surface area contributed by atoms with Crippen LogP contribution in [0.3, 0.4) is 0 Å². The van der Waals surface area contributed by atoms with E-state index in [-0.39, 0.29) is 17.4 Å². The normalized spacial score (nSPS) is 25.6. The van der Waals surface area contributed by atoms with Gasteiger partial charge in [0.1, 0.15) is 0 Å². The number of hydrogen-bond donors (Lipinski definition) is 1. The second kappa shape index (κ2) is 6.46. The van der Waals surface area contributed by atoms with Crippen molar-refractivity contribution in [3.05, 3.63) is 30.3 Å². The molecule has 1 unspecified atom stereocenters. The maximum atomic E-state index is 12.8. The monoisotopic (exact) mass is 351 g/mol. The number of amides is 1. The maximum absolute atomic E-state index is 12.8. The summed E-state index contributed by atoms with van der Waals surface area (Å²) in [5, 5.41) is 0. The van der Waals surface area contributed by atoms with Crippen LogP contribution in [0.1, 0.15) is 25.7 Å². The van der Waals surface area contributed by atoms with E-state index in [0.29, 0.717) is 30.8 Å². The second-order valence-electron chi connectivity index (χ2n) is 6.97. The molecule has 2 saturated heterocycles. The Kier molecular flexibility index (Phi) is 4.68. The summed E-state index contributed by atoms with van der Waals surface area (Å²) in [4.78, 5) is 14.3. The zero-order valence-corrected chi connectivity index (χ0v) is 14.8. The van der Waals surface area contributed by atoms with Gasteiger partial charge in [0.15, 0.2) is 0 Å². The van der Waals surface area contributed by atoms with Crippen molar-refractivity contribution in [1.29, 1.82) is 0 Å². The van der Waals surface area contributed by atoms with E-state index in [1.54, 1.807) is 34.6 Å². The fourth-order valence-corrected chi connectivity index (χ4v) is 5.83. The first kappa shape index (κ1) is 17.4. The van der Waals surface area contributed by atoms with Crippen LogP contribution in [-0.4, -0.2) is 56.3 Å². The van der Waals surface area contributed by atoms with Gasteiger partial charge in [0.05, 0.1) is 10.9 Å². The number of likely N-dealkylation sites (tertiary alicyclic amines) is 1. The van der Waals surface area contributed by atoms with Crippen molar-refractivity contribution in [2.45, 2.75) is 36.6 Å². The Labute approximate surface area is 143 Å². The van der Waals surface area contributed by atoms with E-state index in [9.17, 15) is 13.2 Å². The van der Waals surface area contributed by atoms with E-state index in [1.807, 2.05) is 11.9 Å². The number of sulfonamides is 1. The van der Waals surface area contributed by atoms with E-state index in [1.165, 1.54) is 0 Å². The molecule has 2 fully saturated rings. The van der Waals surface area contributed by atoms with Crippen molar-refractivity contribution < 1.29 is 13.2 Å². The lowest BCUT2D eigenvalue weighted by molar-refractivity contribution is -0.132. The maximum Gasteiger partial charge on any atom is 0.243 e. The molecule has 1 atom stereocenters. The molecule has 24 heavy (non-hydrogen) atoms. The van der Waals surface area contributed by atoms with Gasteiger partial charge >= 0.3 is 0 Å². The van der Waals surface area contributed by atoms with E-state index in [4.69, 9.17) is 5.73 Å². The zero-order chi connectivity index (χ0) is 17.4. The average molecular weight is 351 g/mol. The number of benzene rings is 1. The highest BCUT2D eigenvalue weighted by atomic mass is 32.2. The number of piperidine rings is 2. The molecule has 7 heteroatoms. The van der Waals surface area contributed by atoms with Crippen LogP contribution >= 0.6 is 0 Å². The van der Waals surface area contributed by atoms with Crippen molar-refractivity contribution in [3.8, 4) is 0 Å². The van der Waals surface area contributed by atoms with Crippen LogP contribution in [-0.2, 0) is 14.8 Å². The van der Waals surface area contributed by atoms with Gasteiger partial charge in [-0.05, 0) is 56.8 Å². The molecule has 1 amide bonds. The summed E-state index contributed by atoms with van der Waals surface area (Å²) in [5.41, 5.74) is 5.47. The number of likely N-dealkylation sites (N-methyl/N-ethyl adjacent to an activating group) is 1. The van der Waals surface area contributed by atoms with Crippen LogP contribution in [0.5, 0.6) is 0 Å². The largest absolute Gasteiger partial charge is 0.368 e. The van der Waals surface area contributed by atoms with Crippen LogP contribution in [0, 0.1) is 5.41 Å². The predicted molar refractivity (Wildman–Crippen MR) is 91.7 cm³/mol. The van der Waals surface area contributed by atoms with E-state index >= 15 is 0 Å². The number of carbonyl (C=O) groups excluding carboxylic acids is 1. The van der Waals surface area contributed by atoms with Gasteiger partial charge in [0.25, 0.3) is 0 Å².